The molecule has 5 N–H and O–H groups in total. The van der Waals surface area contributed by atoms with Crippen molar-refractivity contribution in [2.45, 2.75) is 4.90 Å². The molecule has 0 fully saturated rings. The predicted octanol–water partition coefficient (Wildman–Crippen LogP) is 4.16. The van der Waals surface area contributed by atoms with Crippen molar-refractivity contribution in [1.82, 2.24) is 0 Å². The number of benzene rings is 3. The van der Waals surface area contributed by atoms with Gasteiger partial charge in [-0.3, -0.25) is 9.59 Å². The second-order valence-corrected chi connectivity index (χ2v) is 7.30. The lowest BCUT2D eigenvalue weighted by atomic mass is 10.2. The van der Waals surface area contributed by atoms with Crippen molar-refractivity contribution in [2.24, 2.45) is 5.73 Å². The zero-order valence-electron chi connectivity index (χ0n) is 15.9. The Morgan fingerprint density at radius 3 is 1.83 bits per heavy atom. The molecule has 0 unspecified atom stereocenters. The lowest BCUT2D eigenvalue weighted by Gasteiger charge is -2.09. The van der Waals surface area contributed by atoms with Crippen LogP contribution in [-0.2, 0) is 4.79 Å². The Labute approximate surface area is 178 Å². The zero-order chi connectivity index (χ0) is 21.3. The number of para-hydroxylation sites is 1. The molecule has 0 aliphatic rings. The summed E-state index contributed by atoms with van der Waals surface area (Å²) in [4.78, 5) is 36.1. The number of urea groups is 1. The zero-order valence-corrected chi connectivity index (χ0v) is 16.7. The number of nitrogens with two attached hydrogens (primary N) is 1. The molecule has 0 saturated heterocycles. The lowest BCUT2D eigenvalue weighted by molar-refractivity contribution is -0.113. The molecule has 4 amide bonds. The van der Waals surface area contributed by atoms with E-state index in [0.29, 0.717) is 22.6 Å². The Hall–Kier alpha value is -3.78. The fourth-order valence-corrected chi connectivity index (χ4v) is 3.21. The van der Waals surface area contributed by atoms with Gasteiger partial charge in [-0.1, -0.05) is 18.2 Å². The van der Waals surface area contributed by atoms with Crippen molar-refractivity contribution in [3.8, 4) is 0 Å². The molecule has 7 nitrogen and oxygen atoms in total. The molecule has 3 aromatic carbocycles. The molecule has 0 spiro atoms. The second kappa shape index (κ2) is 10.1. The van der Waals surface area contributed by atoms with Crippen LogP contribution < -0.4 is 21.7 Å². The normalized spacial score (nSPS) is 10.1. The maximum Gasteiger partial charge on any atom is 0.323 e. The van der Waals surface area contributed by atoms with Crippen molar-refractivity contribution in [3.63, 3.8) is 0 Å². The number of nitrogens with one attached hydrogen (secondary N) is 3. The highest BCUT2D eigenvalue weighted by Crippen LogP contribution is 2.21. The van der Waals surface area contributed by atoms with Gasteiger partial charge in [0, 0.05) is 27.5 Å². The Bertz CT molecular complexity index is 1020. The summed E-state index contributed by atoms with van der Waals surface area (Å²) in [6.07, 6.45) is 0. The van der Waals surface area contributed by atoms with Gasteiger partial charge in [0.15, 0.2) is 0 Å². The summed E-state index contributed by atoms with van der Waals surface area (Å²) in [5.41, 5.74) is 7.52. The SMILES string of the molecule is NC(=O)c1ccc(NC(=O)CSc2ccc(NC(=O)Nc3ccccc3)cc2)cc1. The Morgan fingerprint density at radius 1 is 0.700 bits per heavy atom. The van der Waals surface area contributed by atoms with Crippen LogP contribution in [0.25, 0.3) is 0 Å². The van der Waals surface area contributed by atoms with Crippen molar-refractivity contribution < 1.29 is 14.4 Å². The molecule has 3 rings (SSSR count). The van der Waals surface area contributed by atoms with Gasteiger partial charge in [0.2, 0.25) is 11.8 Å². The van der Waals surface area contributed by atoms with E-state index in [1.54, 1.807) is 48.5 Å². The summed E-state index contributed by atoms with van der Waals surface area (Å²) >= 11 is 1.37. The minimum atomic E-state index is -0.515. The van der Waals surface area contributed by atoms with E-state index in [1.807, 2.05) is 30.3 Å². The summed E-state index contributed by atoms with van der Waals surface area (Å²) in [5.74, 6) is -0.464. The van der Waals surface area contributed by atoms with Crippen molar-refractivity contribution in [1.29, 1.82) is 0 Å². The summed E-state index contributed by atoms with van der Waals surface area (Å²) in [5, 5.41) is 8.26. The number of carbonyl (C=O) groups excluding carboxylic acids is 3. The summed E-state index contributed by atoms with van der Waals surface area (Å²) in [7, 11) is 0. The van der Waals surface area contributed by atoms with Crippen LogP contribution in [0.3, 0.4) is 0 Å². The highest BCUT2D eigenvalue weighted by molar-refractivity contribution is 8.00. The molecule has 30 heavy (non-hydrogen) atoms. The van der Waals surface area contributed by atoms with Crippen LogP contribution in [0.1, 0.15) is 10.4 Å². The quantitative estimate of drug-likeness (QED) is 0.430. The minimum absolute atomic E-state index is 0.170. The number of carbonyl (C=O) groups is 3. The fourth-order valence-electron chi connectivity index (χ4n) is 2.51. The van der Waals surface area contributed by atoms with E-state index in [9.17, 15) is 14.4 Å². The van der Waals surface area contributed by atoms with Crippen molar-refractivity contribution in [3.05, 3.63) is 84.4 Å². The van der Waals surface area contributed by atoms with Crippen LogP contribution in [0.5, 0.6) is 0 Å². The molecule has 0 bridgehead atoms. The van der Waals surface area contributed by atoms with E-state index in [1.165, 1.54) is 11.8 Å². The van der Waals surface area contributed by atoms with Gasteiger partial charge in [0.05, 0.1) is 5.75 Å². The van der Waals surface area contributed by atoms with Gasteiger partial charge in [-0.25, -0.2) is 4.79 Å². The number of anilines is 3. The molecule has 3 aromatic rings. The van der Waals surface area contributed by atoms with Crippen LogP contribution >= 0.6 is 11.8 Å². The number of primary amides is 1. The van der Waals surface area contributed by atoms with Gasteiger partial charge in [0.1, 0.15) is 0 Å². The van der Waals surface area contributed by atoms with Gasteiger partial charge < -0.3 is 21.7 Å². The van der Waals surface area contributed by atoms with E-state index >= 15 is 0 Å². The Morgan fingerprint density at radius 2 is 1.23 bits per heavy atom. The summed E-state index contributed by atoms with van der Waals surface area (Å²) < 4.78 is 0. The van der Waals surface area contributed by atoms with Crippen LogP contribution in [0.15, 0.2) is 83.8 Å². The first kappa shape index (κ1) is 20.9. The summed E-state index contributed by atoms with van der Waals surface area (Å²) in [6.45, 7) is 0. The predicted molar refractivity (Wildman–Crippen MR) is 120 cm³/mol. The molecule has 0 aliphatic heterocycles. The van der Waals surface area contributed by atoms with E-state index in [2.05, 4.69) is 16.0 Å². The van der Waals surface area contributed by atoms with Crippen LogP contribution in [0, 0.1) is 0 Å². The molecule has 0 radical (unpaired) electrons. The van der Waals surface area contributed by atoms with Gasteiger partial charge in [0.25, 0.3) is 0 Å². The number of rotatable bonds is 7. The monoisotopic (exact) mass is 420 g/mol. The second-order valence-electron chi connectivity index (χ2n) is 6.25. The Balaban J connectivity index is 1.45. The third-order valence-corrected chi connectivity index (χ3v) is 4.98. The van der Waals surface area contributed by atoms with Gasteiger partial charge in [-0.15, -0.1) is 11.8 Å². The van der Waals surface area contributed by atoms with Gasteiger partial charge in [-0.05, 0) is 60.7 Å². The van der Waals surface area contributed by atoms with Crippen LogP contribution in [0.4, 0.5) is 21.9 Å². The largest absolute Gasteiger partial charge is 0.366 e. The fraction of sp³-hybridized carbons (Fsp3) is 0.0455. The van der Waals surface area contributed by atoms with Gasteiger partial charge >= 0.3 is 6.03 Å². The number of thioether (sulfide) groups is 1. The van der Waals surface area contributed by atoms with E-state index in [0.717, 1.165) is 4.90 Å². The lowest BCUT2D eigenvalue weighted by Crippen LogP contribution is -2.19. The van der Waals surface area contributed by atoms with E-state index in [4.69, 9.17) is 5.73 Å². The first-order chi connectivity index (χ1) is 14.5. The van der Waals surface area contributed by atoms with Crippen LogP contribution in [0.2, 0.25) is 0 Å². The van der Waals surface area contributed by atoms with Crippen molar-refractivity contribution >= 4 is 46.7 Å². The van der Waals surface area contributed by atoms with E-state index in [-0.39, 0.29) is 17.7 Å². The van der Waals surface area contributed by atoms with Crippen molar-refractivity contribution in [2.75, 3.05) is 21.7 Å². The van der Waals surface area contributed by atoms with Gasteiger partial charge in [-0.2, -0.15) is 0 Å². The topological polar surface area (TPSA) is 113 Å². The molecule has 0 aliphatic carbocycles. The maximum atomic E-state index is 12.1. The third-order valence-electron chi connectivity index (χ3n) is 3.97. The molecular weight excluding hydrogens is 400 g/mol. The Kier molecular flexibility index (Phi) is 7.07. The molecule has 0 saturated carbocycles. The minimum Gasteiger partial charge on any atom is -0.366 e. The summed E-state index contributed by atoms with van der Waals surface area (Å²) in [6, 6.07) is 22.4. The molecule has 152 valence electrons. The smallest absolute Gasteiger partial charge is 0.323 e. The van der Waals surface area contributed by atoms with Crippen LogP contribution in [-0.4, -0.2) is 23.6 Å². The first-order valence-electron chi connectivity index (χ1n) is 9.05. The molecule has 0 heterocycles. The average molecular weight is 420 g/mol. The number of amides is 4. The highest BCUT2D eigenvalue weighted by atomic mass is 32.2. The standard InChI is InChI=1S/C22H20N4O3S/c23-21(28)15-6-8-17(9-7-15)24-20(27)14-30-19-12-10-18(11-13-19)26-22(29)25-16-4-2-1-3-5-16/h1-13H,14H2,(H2,23,28)(H,24,27)(H2,25,26,29). The third kappa shape index (κ3) is 6.39. The number of hydrogen-bond donors (Lipinski definition) is 4. The molecule has 8 heteroatoms. The first-order valence-corrected chi connectivity index (χ1v) is 10.0. The highest BCUT2D eigenvalue weighted by Gasteiger charge is 2.06. The maximum absolute atomic E-state index is 12.1. The molecule has 0 aromatic heterocycles. The van der Waals surface area contributed by atoms with E-state index < -0.39 is 5.91 Å². The average Bonchev–Trinajstić information content (AvgIpc) is 2.74. The molecular formula is C22H20N4O3S. The molecule has 0 atom stereocenters. The number of hydrogen-bond acceptors (Lipinski definition) is 4.